The highest BCUT2D eigenvalue weighted by molar-refractivity contribution is 5.48. The van der Waals surface area contributed by atoms with Gasteiger partial charge in [0.15, 0.2) is 0 Å². The summed E-state index contributed by atoms with van der Waals surface area (Å²) >= 11 is 0. The number of likely N-dealkylation sites (tertiary alicyclic amines) is 1. The molecule has 0 radical (unpaired) electrons. The van der Waals surface area contributed by atoms with Crippen molar-refractivity contribution in [2.75, 3.05) is 13.1 Å². The van der Waals surface area contributed by atoms with Gasteiger partial charge in [0.1, 0.15) is 0 Å². The van der Waals surface area contributed by atoms with E-state index in [1.807, 2.05) is 0 Å². The van der Waals surface area contributed by atoms with E-state index in [1.165, 1.54) is 0 Å². The van der Waals surface area contributed by atoms with Crippen LogP contribution in [-0.2, 0) is 4.79 Å². The third-order valence-corrected chi connectivity index (χ3v) is 2.06. The highest BCUT2D eigenvalue weighted by Crippen LogP contribution is 2.25. The summed E-state index contributed by atoms with van der Waals surface area (Å²) in [4.78, 5) is 11.8. The predicted molar refractivity (Wildman–Crippen MR) is 37.4 cm³/mol. The van der Waals surface area contributed by atoms with Gasteiger partial charge in [-0.3, -0.25) is 4.79 Å². The molecule has 1 rings (SSSR count). The predicted octanol–water partition coefficient (Wildman–Crippen LogP) is -0.155. The third kappa shape index (κ3) is 1.29. The van der Waals surface area contributed by atoms with Crippen LogP contribution in [0.4, 0.5) is 0 Å². The van der Waals surface area contributed by atoms with Crippen molar-refractivity contribution in [3.05, 3.63) is 0 Å². The minimum atomic E-state index is -0.625. The fourth-order valence-electron chi connectivity index (χ4n) is 1.05. The van der Waals surface area contributed by atoms with Gasteiger partial charge >= 0.3 is 0 Å². The summed E-state index contributed by atoms with van der Waals surface area (Å²) in [6.45, 7) is 4.96. The van der Waals surface area contributed by atoms with Gasteiger partial charge in [0.25, 0.3) is 0 Å². The van der Waals surface area contributed by atoms with Gasteiger partial charge in [-0.15, -0.1) is 0 Å². The van der Waals surface area contributed by atoms with E-state index >= 15 is 0 Å². The summed E-state index contributed by atoms with van der Waals surface area (Å²) in [7, 11) is 0. The lowest BCUT2D eigenvalue weighted by Gasteiger charge is -2.43. The maximum Gasteiger partial charge on any atom is 0.209 e. The van der Waals surface area contributed by atoms with Crippen LogP contribution in [-0.4, -0.2) is 35.1 Å². The van der Waals surface area contributed by atoms with E-state index in [1.54, 1.807) is 18.7 Å². The molecular formula is C7H13NO2. The first-order chi connectivity index (χ1) is 4.54. The molecule has 1 saturated heterocycles. The first-order valence-electron chi connectivity index (χ1n) is 3.46. The molecule has 0 aromatic heterocycles. The molecule has 0 aromatic carbocycles. The number of hydrogen-bond donors (Lipinski definition) is 1. The van der Waals surface area contributed by atoms with E-state index < -0.39 is 5.60 Å². The van der Waals surface area contributed by atoms with E-state index in [0.717, 1.165) is 6.41 Å². The molecule has 0 aliphatic carbocycles. The Morgan fingerprint density at radius 3 is 2.40 bits per heavy atom. The second-order valence-corrected chi connectivity index (χ2v) is 3.41. The Labute approximate surface area is 60.6 Å². The molecule has 1 fully saturated rings. The molecule has 0 saturated carbocycles. The van der Waals surface area contributed by atoms with Crippen molar-refractivity contribution in [2.45, 2.75) is 19.4 Å². The van der Waals surface area contributed by atoms with Crippen molar-refractivity contribution in [2.24, 2.45) is 5.92 Å². The summed E-state index contributed by atoms with van der Waals surface area (Å²) in [6, 6.07) is 0. The van der Waals surface area contributed by atoms with Gasteiger partial charge in [0, 0.05) is 19.0 Å². The van der Waals surface area contributed by atoms with Gasteiger partial charge in [0.2, 0.25) is 6.41 Å². The van der Waals surface area contributed by atoms with Gasteiger partial charge < -0.3 is 10.0 Å². The van der Waals surface area contributed by atoms with Crippen molar-refractivity contribution in [3.8, 4) is 0 Å². The van der Waals surface area contributed by atoms with Crippen LogP contribution in [0.1, 0.15) is 13.8 Å². The largest absolute Gasteiger partial charge is 0.390 e. The minimum absolute atomic E-state index is 0.262. The summed E-state index contributed by atoms with van der Waals surface area (Å²) in [5, 5.41) is 9.41. The van der Waals surface area contributed by atoms with Crippen molar-refractivity contribution >= 4 is 6.41 Å². The van der Waals surface area contributed by atoms with Gasteiger partial charge in [-0.1, -0.05) is 0 Å². The number of rotatable bonds is 2. The van der Waals surface area contributed by atoms with Gasteiger partial charge in [-0.05, 0) is 13.8 Å². The molecule has 0 unspecified atom stereocenters. The number of carbonyl (C=O) groups is 1. The number of amides is 1. The molecule has 1 aliphatic heterocycles. The molecule has 3 nitrogen and oxygen atoms in total. The van der Waals surface area contributed by atoms with Gasteiger partial charge in [0.05, 0.1) is 5.60 Å². The van der Waals surface area contributed by atoms with Crippen LogP contribution in [0.25, 0.3) is 0 Å². The van der Waals surface area contributed by atoms with Crippen LogP contribution in [0.5, 0.6) is 0 Å². The minimum Gasteiger partial charge on any atom is -0.390 e. The number of nitrogens with zero attached hydrogens (tertiary/aromatic N) is 1. The van der Waals surface area contributed by atoms with Crippen LogP contribution in [0.3, 0.4) is 0 Å². The zero-order valence-corrected chi connectivity index (χ0v) is 6.37. The molecule has 1 amide bonds. The fourth-order valence-corrected chi connectivity index (χ4v) is 1.05. The number of hydrogen-bond acceptors (Lipinski definition) is 2. The molecule has 1 heterocycles. The molecule has 0 spiro atoms. The average Bonchev–Trinajstić information content (AvgIpc) is 1.57. The standard InChI is InChI=1S/C7H13NO2/c1-7(2,10)6-3-8(4-6)5-9/h5-6,10H,3-4H2,1-2H3. The van der Waals surface area contributed by atoms with E-state index in [0.29, 0.717) is 13.1 Å². The molecule has 0 bridgehead atoms. The smallest absolute Gasteiger partial charge is 0.209 e. The lowest BCUT2D eigenvalue weighted by atomic mass is 9.85. The van der Waals surface area contributed by atoms with Crippen molar-refractivity contribution in [1.82, 2.24) is 4.90 Å². The lowest BCUT2D eigenvalue weighted by molar-refractivity contribution is -0.130. The summed E-state index contributed by atoms with van der Waals surface area (Å²) in [5.41, 5.74) is -0.625. The normalized spacial score (nSPS) is 20.5. The molecule has 0 aromatic rings. The average molecular weight is 143 g/mol. The number of aliphatic hydroxyl groups is 1. The summed E-state index contributed by atoms with van der Waals surface area (Å²) in [5.74, 6) is 0.262. The van der Waals surface area contributed by atoms with Crippen LogP contribution in [0.15, 0.2) is 0 Å². The molecule has 0 atom stereocenters. The molecule has 1 aliphatic rings. The SMILES string of the molecule is CC(C)(O)C1CN(C=O)C1. The van der Waals surface area contributed by atoms with E-state index in [2.05, 4.69) is 0 Å². The highest BCUT2D eigenvalue weighted by atomic mass is 16.3. The van der Waals surface area contributed by atoms with Gasteiger partial charge in [-0.25, -0.2) is 0 Å². The fraction of sp³-hybridized carbons (Fsp3) is 0.857. The second-order valence-electron chi connectivity index (χ2n) is 3.41. The second kappa shape index (κ2) is 2.23. The molecule has 3 heteroatoms. The van der Waals surface area contributed by atoms with Crippen LogP contribution < -0.4 is 0 Å². The Hall–Kier alpha value is -0.570. The first-order valence-corrected chi connectivity index (χ1v) is 3.46. The highest BCUT2D eigenvalue weighted by Gasteiger charge is 2.36. The van der Waals surface area contributed by atoms with Crippen molar-refractivity contribution in [1.29, 1.82) is 0 Å². The zero-order valence-electron chi connectivity index (χ0n) is 6.37. The quantitative estimate of drug-likeness (QED) is 0.546. The number of carbonyl (C=O) groups excluding carboxylic acids is 1. The van der Waals surface area contributed by atoms with E-state index in [9.17, 15) is 9.90 Å². The monoisotopic (exact) mass is 143 g/mol. The van der Waals surface area contributed by atoms with Crippen LogP contribution in [0, 0.1) is 5.92 Å². The Morgan fingerprint density at radius 2 is 2.10 bits per heavy atom. The summed E-state index contributed by atoms with van der Waals surface area (Å²) in [6.07, 6.45) is 0.822. The first kappa shape index (κ1) is 7.54. The van der Waals surface area contributed by atoms with Crippen LogP contribution >= 0.6 is 0 Å². The topological polar surface area (TPSA) is 40.5 Å². The Balaban J connectivity index is 2.32. The Kier molecular flexibility index (Phi) is 1.68. The summed E-state index contributed by atoms with van der Waals surface area (Å²) < 4.78 is 0. The van der Waals surface area contributed by atoms with Gasteiger partial charge in [-0.2, -0.15) is 0 Å². The Morgan fingerprint density at radius 1 is 1.60 bits per heavy atom. The van der Waals surface area contributed by atoms with E-state index in [4.69, 9.17) is 0 Å². The lowest BCUT2D eigenvalue weighted by Crippen LogP contribution is -2.54. The zero-order chi connectivity index (χ0) is 7.78. The molecule has 58 valence electrons. The maximum absolute atomic E-state index is 10.1. The molecule has 10 heavy (non-hydrogen) atoms. The maximum atomic E-state index is 10.1. The van der Waals surface area contributed by atoms with Crippen molar-refractivity contribution < 1.29 is 9.90 Å². The molecule has 1 N–H and O–H groups in total. The Bertz CT molecular complexity index is 133. The van der Waals surface area contributed by atoms with Crippen LogP contribution in [0.2, 0.25) is 0 Å². The van der Waals surface area contributed by atoms with Crippen molar-refractivity contribution in [3.63, 3.8) is 0 Å². The third-order valence-electron chi connectivity index (χ3n) is 2.06. The van der Waals surface area contributed by atoms with E-state index in [-0.39, 0.29) is 5.92 Å². The molecular weight excluding hydrogens is 130 g/mol.